The molecule has 0 aliphatic heterocycles. The van der Waals surface area contributed by atoms with Crippen LogP contribution in [-0.4, -0.2) is 6.10 Å². The van der Waals surface area contributed by atoms with Gasteiger partial charge in [0, 0.05) is 12.1 Å². The highest BCUT2D eigenvalue weighted by Gasteiger charge is 2.14. The van der Waals surface area contributed by atoms with Crippen molar-refractivity contribution < 1.29 is 9.13 Å². The van der Waals surface area contributed by atoms with Crippen LogP contribution in [0, 0.1) is 5.82 Å². The smallest absolute Gasteiger partial charge is 0.129 e. The van der Waals surface area contributed by atoms with Crippen LogP contribution in [0.2, 0.25) is 0 Å². The third-order valence-corrected chi connectivity index (χ3v) is 3.38. The van der Waals surface area contributed by atoms with Gasteiger partial charge in [-0.05, 0) is 24.5 Å². The highest BCUT2D eigenvalue weighted by molar-refractivity contribution is 5.23. The monoisotopic (exact) mass is 237 g/mol. The largest absolute Gasteiger partial charge is 0.373 e. The molecule has 2 rings (SSSR count). The van der Waals surface area contributed by atoms with Crippen LogP contribution in [-0.2, 0) is 17.9 Å². The summed E-state index contributed by atoms with van der Waals surface area (Å²) >= 11 is 0. The maximum atomic E-state index is 13.7. The molecule has 0 radical (unpaired) electrons. The number of hydrogen-bond acceptors (Lipinski definition) is 2. The molecule has 1 aromatic carbocycles. The van der Waals surface area contributed by atoms with E-state index in [1.54, 1.807) is 6.07 Å². The van der Waals surface area contributed by atoms with E-state index < -0.39 is 0 Å². The topological polar surface area (TPSA) is 35.2 Å². The summed E-state index contributed by atoms with van der Waals surface area (Å²) in [5.41, 5.74) is 6.92. The van der Waals surface area contributed by atoms with Gasteiger partial charge in [-0.15, -0.1) is 0 Å². The van der Waals surface area contributed by atoms with Crippen molar-refractivity contribution in [2.45, 2.75) is 51.4 Å². The lowest BCUT2D eigenvalue weighted by Crippen LogP contribution is -2.16. The molecule has 1 aromatic rings. The molecule has 94 valence electrons. The Morgan fingerprint density at radius 1 is 1.24 bits per heavy atom. The molecule has 0 atom stereocenters. The maximum absolute atomic E-state index is 13.7. The summed E-state index contributed by atoms with van der Waals surface area (Å²) in [7, 11) is 0. The van der Waals surface area contributed by atoms with E-state index >= 15 is 0 Å². The van der Waals surface area contributed by atoms with Crippen molar-refractivity contribution in [3.05, 3.63) is 35.1 Å². The highest BCUT2D eigenvalue weighted by Crippen LogP contribution is 2.22. The summed E-state index contributed by atoms with van der Waals surface area (Å²) in [6.07, 6.45) is 6.32. The van der Waals surface area contributed by atoms with E-state index in [-0.39, 0.29) is 5.82 Å². The molecule has 0 aromatic heterocycles. The minimum atomic E-state index is -0.205. The number of benzene rings is 1. The van der Waals surface area contributed by atoms with Gasteiger partial charge in [0.25, 0.3) is 0 Å². The number of halogens is 1. The summed E-state index contributed by atoms with van der Waals surface area (Å²) < 4.78 is 19.4. The summed E-state index contributed by atoms with van der Waals surface area (Å²) in [5.74, 6) is -0.205. The van der Waals surface area contributed by atoms with Crippen molar-refractivity contribution in [2.75, 3.05) is 0 Å². The Morgan fingerprint density at radius 3 is 2.65 bits per heavy atom. The van der Waals surface area contributed by atoms with Gasteiger partial charge in [-0.3, -0.25) is 0 Å². The fourth-order valence-electron chi connectivity index (χ4n) is 2.27. The number of ether oxygens (including phenoxy) is 1. The molecule has 0 unspecified atom stereocenters. The quantitative estimate of drug-likeness (QED) is 0.873. The van der Waals surface area contributed by atoms with Crippen molar-refractivity contribution in [1.29, 1.82) is 0 Å². The van der Waals surface area contributed by atoms with E-state index in [4.69, 9.17) is 10.5 Å². The molecular formula is C14H20FNO. The first-order valence-electron chi connectivity index (χ1n) is 6.38. The van der Waals surface area contributed by atoms with Gasteiger partial charge in [-0.2, -0.15) is 0 Å². The molecule has 3 heteroatoms. The van der Waals surface area contributed by atoms with E-state index in [0.717, 1.165) is 18.4 Å². The first-order valence-corrected chi connectivity index (χ1v) is 6.38. The van der Waals surface area contributed by atoms with Crippen LogP contribution in [0.1, 0.15) is 43.2 Å². The Hall–Kier alpha value is -0.930. The normalized spacial score (nSPS) is 17.3. The molecule has 0 heterocycles. The maximum Gasteiger partial charge on any atom is 0.129 e. The second-order valence-electron chi connectivity index (χ2n) is 4.70. The molecule has 2 N–H and O–H groups in total. The van der Waals surface area contributed by atoms with Crippen molar-refractivity contribution in [2.24, 2.45) is 5.73 Å². The molecule has 2 nitrogen and oxygen atoms in total. The SMILES string of the molecule is NCc1ccc(COC2CCCCC2)c(F)c1. The van der Waals surface area contributed by atoms with E-state index in [2.05, 4.69) is 0 Å². The number of rotatable bonds is 4. The van der Waals surface area contributed by atoms with Crippen LogP contribution in [0.4, 0.5) is 4.39 Å². The highest BCUT2D eigenvalue weighted by atomic mass is 19.1. The average molecular weight is 237 g/mol. The molecule has 1 aliphatic rings. The third-order valence-electron chi connectivity index (χ3n) is 3.38. The Labute approximate surface area is 102 Å². The Balaban J connectivity index is 1.89. The molecule has 1 aliphatic carbocycles. The van der Waals surface area contributed by atoms with Gasteiger partial charge in [0.05, 0.1) is 12.7 Å². The van der Waals surface area contributed by atoms with Gasteiger partial charge in [-0.1, -0.05) is 31.4 Å². The van der Waals surface area contributed by atoms with Crippen molar-refractivity contribution in [3.63, 3.8) is 0 Å². The van der Waals surface area contributed by atoms with Crippen molar-refractivity contribution in [1.82, 2.24) is 0 Å². The molecule has 17 heavy (non-hydrogen) atoms. The van der Waals surface area contributed by atoms with Gasteiger partial charge in [0.1, 0.15) is 5.82 Å². The van der Waals surface area contributed by atoms with Crippen LogP contribution >= 0.6 is 0 Å². The number of hydrogen-bond donors (Lipinski definition) is 1. The van der Waals surface area contributed by atoms with E-state index in [9.17, 15) is 4.39 Å². The molecule has 1 fully saturated rings. The third kappa shape index (κ3) is 3.51. The van der Waals surface area contributed by atoms with Gasteiger partial charge in [-0.25, -0.2) is 4.39 Å². The summed E-state index contributed by atoms with van der Waals surface area (Å²) in [6, 6.07) is 5.14. The van der Waals surface area contributed by atoms with Crippen molar-refractivity contribution >= 4 is 0 Å². The van der Waals surface area contributed by atoms with Crippen LogP contribution in [0.25, 0.3) is 0 Å². The predicted octanol–water partition coefficient (Wildman–Crippen LogP) is 3.13. The van der Waals surface area contributed by atoms with Crippen molar-refractivity contribution in [3.8, 4) is 0 Å². The van der Waals surface area contributed by atoms with Gasteiger partial charge in [0.15, 0.2) is 0 Å². The second-order valence-corrected chi connectivity index (χ2v) is 4.70. The molecule has 0 spiro atoms. The lowest BCUT2D eigenvalue weighted by atomic mass is 9.98. The van der Waals surface area contributed by atoms with E-state index in [1.165, 1.54) is 25.3 Å². The molecule has 0 saturated heterocycles. The molecule has 1 saturated carbocycles. The standard InChI is InChI=1S/C14H20FNO/c15-14-8-11(9-16)6-7-12(14)10-17-13-4-2-1-3-5-13/h6-8,13H,1-5,9-10,16H2. The lowest BCUT2D eigenvalue weighted by Gasteiger charge is -2.22. The lowest BCUT2D eigenvalue weighted by molar-refractivity contribution is 0.0156. The van der Waals surface area contributed by atoms with Crippen LogP contribution in [0.5, 0.6) is 0 Å². The molecular weight excluding hydrogens is 217 g/mol. The Kier molecular flexibility index (Phi) is 4.51. The summed E-state index contributed by atoms with van der Waals surface area (Å²) in [6.45, 7) is 0.752. The minimum Gasteiger partial charge on any atom is -0.373 e. The van der Waals surface area contributed by atoms with E-state index in [0.29, 0.717) is 24.8 Å². The zero-order chi connectivity index (χ0) is 12.1. The molecule has 0 bridgehead atoms. The first kappa shape index (κ1) is 12.5. The van der Waals surface area contributed by atoms with Crippen LogP contribution in [0.3, 0.4) is 0 Å². The zero-order valence-corrected chi connectivity index (χ0v) is 10.1. The first-order chi connectivity index (χ1) is 8.29. The van der Waals surface area contributed by atoms with Gasteiger partial charge < -0.3 is 10.5 Å². The summed E-state index contributed by atoms with van der Waals surface area (Å²) in [5, 5.41) is 0. The Bertz CT molecular complexity index is 361. The minimum absolute atomic E-state index is 0.205. The fraction of sp³-hybridized carbons (Fsp3) is 0.571. The average Bonchev–Trinajstić information content (AvgIpc) is 2.38. The number of nitrogens with two attached hydrogens (primary N) is 1. The second kappa shape index (κ2) is 6.12. The van der Waals surface area contributed by atoms with Crippen LogP contribution in [0.15, 0.2) is 18.2 Å². The molecule has 0 amide bonds. The van der Waals surface area contributed by atoms with Gasteiger partial charge >= 0.3 is 0 Å². The zero-order valence-electron chi connectivity index (χ0n) is 10.1. The fourth-order valence-corrected chi connectivity index (χ4v) is 2.27. The summed E-state index contributed by atoms with van der Waals surface area (Å²) in [4.78, 5) is 0. The van der Waals surface area contributed by atoms with Crippen LogP contribution < -0.4 is 5.73 Å². The predicted molar refractivity (Wildman–Crippen MR) is 66.0 cm³/mol. The van der Waals surface area contributed by atoms with E-state index in [1.807, 2.05) is 6.07 Å². The van der Waals surface area contributed by atoms with Gasteiger partial charge in [0.2, 0.25) is 0 Å². The Morgan fingerprint density at radius 2 is 2.00 bits per heavy atom.